The van der Waals surface area contributed by atoms with Gasteiger partial charge in [0.25, 0.3) is 0 Å². The molecule has 0 unspecified atom stereocenters. The highest BCUT2D eigenvalue weighted by molar-refractivity contribution is 7.87. The Morgan fingerprint density at radius 2 is 1.79 bits per heavy atom. The van der Waals surface area contributed by atoms with Crippen molar-refractivity contribution in [2.45, 2.75) is 26.8 Å². The molecule has 0 saturated carbocycles. The summed E-state index contributed by atoms with van der Waals surface area (Å²) in [5.41, 5.74) is 2.65. The maximum atomic E-state index is 12.8. The van der Waals surface area contributed by atoms with Gasteiger partial charge in [0.05, 0.1) is 12.4 Å². The molecule has 0 heterocycles. The molecule has 0 bridgehead atoms. The zero-order valence-corrected chi connectivity index (χ0v) is 17.9. The molecule has 0 atom stereocenters. The number of nitrogens with one attached hydrogen (secondary N) is 1. The normalized spacial score (nSPS) is 11.1. The predicted octanol–water partition coefficient (Wildman–Crippen LogP) is 3.66. The van der Waals surface area contributed by atoms with Crippen LogP contribution in [0.1, 0.15) is 25.0 Å². The first kappa shape index (κ1) is 22.7. The van der Waals surface area contributed by atoms with Crippen LogP contribution in [0.15, 0.2) is 48.5 Å². The lowest BCUT2D eigenvalue weighted by atomic mass is 10.1. The Balaban J connectivity index is 2.11. The number of hydrogen-bond acceptors (Lipinski definition) is 5. The molecule has 158 valence electrons. The summed E-state index contributed by atoms with van der Waals surface area (Å²) >= 11 is 0. The van der Waals surface area contributed by atoms with Crippen molar-refractivity contribution < 1.29 is 22.1 Å². The van der Waals surface area contributed by atoms with E-state index in [1.54, 1.807) is 30.2 Å². The summed E-state index contributed by atoms with van der Waals surface area (Å²) in [6, 6.07) is 14.1. The van der Waals surface area contributed by atoms with Crippen LogP contribution >= 0.6 is 0 Å². The quantitative estimate of drug-likeness (QED) is 0.593. The van der Waals surface area contributed by atoms with Gasteiger partial charge in [0.1, 0.15) is 5.75 Å². The Labute approximate surface area is 172 Å². The highest BCUT2D eigenvalue weighted by Crippen LogP contribution is 2.18. The van der Waals surface area contributed by atoms with E-state index in [1.165, 1.54) is 12.5 Å². The monoisotopic (exact) mass is 420 g/mol. The number of aryl methyl sites for hydroxylation is 1. The van der Waals surface area contributed by atoms with E-state index in [9.17, 15) is 13.2 Å². The number of anilines is 1. The zero-order chi connectivity index (χ0) is 21.3. The van der Waals surface area contributed by atoms with Crippen LogP contribution in [-0.4, -0.2) is 45.4 Å². The molecule has 0 aliphatic heterocycles. The Kier molecular flexibility index (Phi) is 8.48. The number of methoxy groups -OCH3 is 1. The Morgan fingerprint density at radius 3 is 2.41 bits per heavy atom. The van der Waals surface area contributed by atoms with Crippen molar-refractivity contribution >= 4 is 21.8 Å². The van der Waals surface area contributed by atoms with Gasteiger partial charge in [-0.2, -0.15) is 8.42 Å². The first-order valence-electron chi connectivity index (χ1n) is 9.51. The summed E-state index contributed by atoms with van der Waals surface area (Å²) < 4.78 is 33.6. The molecule has 0 saturated heterocycles. The minimum atomic E-state index is -3.61. The second-order valence-corrected chi connectivity index (χ2v) is 8.33. The highest BCUT2D eigenvalue weighted by atomic mass is 32.2. The molecule has 0 aromatic heterocycles. The third kappa shape index (κ3) is 7.40. The van der Waals surface area contributed by atoms with Crippen molar-refractivity contribution in [1.29, 1.82) is 0 Å². The van der Waals surface area contributed by atoms with Crippen LogP contribution in [0.3, 0.4) is 0 Å². The van der Waals surface area contributed by atoms with Crippen LogP contribution in [0, 0.1) is 0 Å². The summed E-state index contributed by atoms with van der Waals surface area (Å²) in [4.78, 5) is 14.4. The molecule has 0 spiro atoms. The van der Waals surface area contributed by atoms with Crippen LogP contribution in [0.5, 0.6) is 5.75 Å². The largest absolute Gasteiger partial charge is 0.383 e. The van der Waals surface area contributed by atoms with Crippen LogP contribution in [0.25, 0.3) is 0 Å². The number of rotatable bonds is 10. The molecule has 29 heavy (non-hydrogen) atoms. The van der Waals surface area contributed by atoms with Gasteiger partial charge in [-0.1, -0.05) is 31.2 Å². The molecule has 2 aromatic carbocycles. The van der Waals surface area contributed by atoms with Crippen LogP contribution in [0.2, 0.25) is 0 Å². The standard InChI is InChI=1S/C21H28N2O5S/c1-4-17-9-11-19(12-10-17)22-21(24)23(13-14-27-3)16-18-7-6-8-20(15-18)28-29(25,26)5-2/h6-12,15H,4-5,13-14,16H2,1-3H3,(H,22,24). The average Bonchev–Trinajstić information content (AvgIpc) is 2.71. The van der Waals surface area contributed by atoms with E-state index >= 15 is 0 Å². The number of carbonyl (C=O) groups is 1. The van der Waals surface area contributed by atoms with Gasteiger partial charge < -0.3 is 19.1 Å². The van der Waals surface area contributed by atoms with Gasteiger partial charge >= 0.3 is 16.1 Å². The lowest BCUT2D eigenvalue weighted by Crippen LogP contribution is -2.36. The zero-order valence-electron chi connectivity index (χ0n) is 17.1. The fourth-order valence-electron chi connectivity index (χ4n) is 2.60. The maximum Gasteiger partial charge on any atom is 0.322 e. The number of ether oxygens (including phenoxy) is 1. The highest BCUT2D eigenvalue weighted by Gasteiger charge is 2.16. The minimum absolute atomic E-state index is 0.115. The number of hydrogen-bond donors (Lipinski definition) is 1. The Hall–Kier alpha value is -2.58. The lowest BCUT2D eigenvalue weighted by Gasteiger charge is -2.23. The number of urea groups is 1. The van der Waals surface area contributed by atoms with Gasteiger partial charge in [-0.15, -0.1) is 0 Å². The molecule has 0 aliphatic carbocycles. The molecular weight excluding hydrogens is 392 g/mol. The summed E-state index contributed by atoms with van der Waals surface area (Å²) in [7, 11) is -2.03. The third-order valence-electron chi connectivity index (χ3n) is 4.31. The SMILES string of the molecule is CCc1ccc(NC(=O)N(CCOC)Cc2cccc(OS(=O)(=O)CC)c2)cc1. The lowest BCUT2D eigenvalue weighted by molar-refractivity contribution is 0.153. The first-order valence-corrected chi connectivity index (χ1v) is 11.1. The van der Waals surface area contributed by atoms with Gasteiger partial charge in [-0.25, -0.2) is 4.79 Å². The molecule has 0 fully saturated rings. The first-order chi connectivity index (χ1) is 13.9. The summed E-state index contributed by atoms with van der Waals surface area (Å²) in [6.07, 6.45) is 0.931. The molecule has 2 aromatic rings. The van der Waals surface area contributed by atoms with E-state index in [-0.39, 0.29) is 24.1 Å². The molecule has 1 N–H and O–H groups in total. The van der Waals surface area contributed by atoms with Gasteiger partial charge in [0.15, 0.2) is 0 Å². The fourth-order valence-corrected chi connectivity index (χ4v) is 3.12. The van der Waals surface area contributed by atoms with Gasteiger partial charge in [-0.05, 0) is 48.7 Å². The summed E-state index contributed by atoms with van der Waals surface area (Å²) in [5, 5.41) is 2.89. The van der Waals surface area contributed by atoms with Gasteiger partial charge in [0.2, 0.25) is 0 Å². The fraction of sp³-hybridized carbons (Fsp3) is 0.381. The molecule has 2 rings (SSSR count). The molecule has 2 amide bonds. The van der Waals surface area contributed by atoms with Gasteiger partial charge in [-0.3, -0.25) is 0 Å². The topological polar surface area (TPSA) is 84.9 Å². The third-order valence-corrected chi connectivity index (χ3v) is 5.47. The second kappa shape index (κ2) is 10.8. The summed E-state index contributed by atoms with van der Waals surface area (Å²) in [5.74, 6) is 0.114. The molecular formula is C21H28N2O5S. The summed E-state index contributed by atoms with van der Waals surface area (Å²) in [6.45, 7) is 4.63. The van der Waals surface area contributed by atoms with Crippen LogP contribution < -0.4 is 9.50 Å². The van der Waals surface area contributed by atoms with E-state index < -0.39 is 10.1 Å². The number of benzene rings is 2. The molecule has 0 aliphatic rings. The Bertz CT molecular complexity index is 898. The van der Waals surface area contributed by atoms with E-state index in [0.29, 0.717) is 18.8 Å². The van der Waals surface area contributed by atoms with E-state index in [0.717, 1.165) is 12.0 Å². The minimum Gasteiger partial charge on any atom is -0.383 e. The number of amides is 2. The Morgan fingerprint density at radius 1 is 1.07 bits per heavy atom. The number of carbonyl (C=O) groups excluding carboxylic acids is 1. The van der Waals surface area contributed by atoms with Crippen molar-refractivity contribution in [2.75, 3.05) is 31.3 Å². The maximum absolute atomic E-state index is 12.8. The van der Waals surface area contributed by atoms with Crippen molar-refractivity contribution in [3.05, 3.63) is 59.7 Å². The van der Waals surface area contributed by atoms with Crippen molar-refractivity contribution in [3.8, 4) is 5.75 Å². The van der Waals surface area contributed by atoms with E-state index in [4.69, 9.17) is 8.92 Å². The molecule has 8 heteroatoms. The van der Waals surface area contributed by atoms with E-state index in [2.05, 4.69) is 12.2 Å². The van der Waals surface area contributed by atoms with Crippen molar-refractivity contribution in [1.82, 2.24) is 4.90 Å². The van der Waals surface area contributed by atoms with Gasteiger partial charge in [0, 0.05) is 25.9 Å². The van der Waals surface area contributed by atoms with Crippen LogP contribution in [-0.2, 0) is 27.8 Å². The average molecular weight is 421 g/mol. The van der Waals surface area contributed by atoms with E-state index in [1.807, 2.05) is 30.3 Å². The predicted molar refractivity (Wildman–Crippen MR) is 114 cm³/mol. The molecule has 7 nitrogen and oxygen atoms in total. The second-order valence-electron chi connectivity index (χ2n) is 6.47. The van der Waals surface area contributed by atoms with Crippen molar-refractivity contribution in [3.63, 3.8) is 0 Å². The molecule has 0 radical (unpaired) electrons. The van der Waals surface area contributed by atoms with Crippen LogP contribution in [0.4, 0.5) is 10.5 Å². The van der Waals surface area contributed by atoms with Crippen molar-refractivity contribution in [2.24, 2.45) is 0 Å². The smallest absolute Gasteiger partial charge is 0.322 e. The number of nitrogens with zero attached hydrogens (tertiary/aromatic N) is 1.